The van der Waals surface area contributed by atoms with Crippen LogP contribution in [0.3, 0.4) is 0 Å². The van der Waals surface area contributed by atoms with Crippen LogP contribution >= 0.6 is 11.8 Å². The molecule has 0 spiro atoms. The summed E-state index contributed by atoms with van der Waals surface area (Å²) in [4.78, 5) is 21.7. The largest absolute Gasteiger partial charge is 0.467 e. The second kappa shape index (κ2) is 6.58. The standard InChI is InChI=1S/C15H17N3O2S/c1-9-13(10(2)17-15(16-9)20-3)18-14(19)11-5-7-12(21-4)8-6-11/h5-8H,1-4H3,(H,18,19). The van der Waals surface area contributed by atoms with Crippen molar-refractivity contribution in [2.45, 2.75) is 18.7 Å². The topological polar surface area (TPSA) is 64.1 Å². The van der Waals surface area contributed by atoms with Crippen LogP contribution in [0.25, 0.3) is 0 Å². The molecule has 1 aromatic heterocycles. The Morgan fingerprint density at radius 2 is 1.71 bits per heavy atom. The number of methoxy groups -OCH3 is 1. The fraction of sp³-hybridized carbons (Fsp3) is 0.267. The molecule has 0 fully saturated rings. The van der Waals surface area contributed by atoms with E-state index in [0.29, 0.717) is 28.6 Å². The van der Waals surface area contributed by atoms with Crippen molar-refractivity contribution in [2.75, 3.05) is 18.7 Å². The lowest BCUT2D eigenvalue weighted by atomic mass is 10.2. The number of aryl methyl sites for hydroxylation is 2. The summed E-state index contributed by atoms with van der Waals surface area (Å²) < 4.78 is 5.01. The Balaban J connectivity index is 2.22. The first-order chi connectivity index (χ1) is 10.0. The maximum absolute atomic E-state index is 12.3. The fourth-order valence-electron chi connectivity index (χ4n) is 1.89. The molecule has 1 heterocycles. The molecule has 110 valence electrons. The number of anilines is 1. The van der Waals surface area contributed by atoms with Crippen LogP contribution in [0.2, 0.25) is 0 Å². The molecule has 0 aliphatic heterocycles. The van der Waals surface area contributed by atoms with E-state index in [1.165, 1.54) is 7.11 Å². The van der Waals surface area contributed by atoms with E-state index in [1.54, 1.807) is 23.9 Å². The smallest absolute Gasteiger partial charge is 0.316 e. The van der Waals surface area contributed by atoms with Gasteiger partial charge in [0.15, 0.2) is 0 Å². The third kappa shape index (κ3) is 3.52. The zero-order chi connectivity index (χ0) is 15.4. The highest BCUT2D eigenvalue weighted by Gasteiger charge is 2.13. The molecular weight excluding hydrogens is 286 g/mol. The summed E-state index contributed by atoms with van der Waals surface area (Å²) in [5.74, 6) is -0.178. The molecule has 5 nitrogen and oxygen atoms in total. The van der Waals surface area contributed by atoms with Gasteiger partial charge < -0.3 is 10.1 Å². The molecule has 1 N–H and O–H groups in total. The molecule has 6 heteroatoms. The van der Waals surface area contributed by atoms with Crippen molar-refractivity contribution in [2.24, 2.45) is 0 Å². The number of nitrogens with one attached hydrogen (secondary N) is 1. The monoisotopic (exact) mass is 303 g/mol. The van der Waals surface area contributed by atoms with Gasteiger partial charge in [0.2, 0.25) is 0 Å². The van der Waals surface area contributed by atoms with Crippen molar-refractivity contribution in [3.63, 3.8) is 0 Å². The molecule has 0 radical (unpaired) electrons. The Bertz CT molecular complexity index is 633. The maximum atomic E-state index is 12.3. The summed E-state index contributed by atoms with van der Waals surface area (Å²) in [7, 11) is 1.51. The molecule has 0 unspecified atom stereocenters. The third-order valence-corrected chi connectivity index (χ3v) is 3.77. The molecule has 0 aliphatic carbocycles. The molecule has 2 rings (SSSR count). The lowest BCUT2D eigenvalue weighted by Crippen LogP contribution is -2.15. The Hall–Kier alpha value is -2.08. The fourth-order valence-corrected chi connectivity index (χ4v) is 2.29. The lowest BCUT2D eigenvalue weighted by molar-refractivity contribution is 0.102. The van der Waals surface area contributed by atoms with E-state index in [4.69, 9.17) is 4.74 Å². The van der Waals surface area contributed by atoms with Gasteiger partial charge in [0.05, 0.1) is 24.2 Å². The number of thioether (sulfide) groups is 1. The van der Waals surface area contributed by atoms with Gasteiger partial charge in [0.1, 0.15) is 0 Å². The van der Waals surface area contributed by atoms with Crippen molar-refractivity contribution >= 4 is 23.4 Å². The van der Waals surface area contributed by atoms with Crippen molar-refractivity contribution in [1.29, 1.82) is 0 Å². The number of benzene rings is 1. The van der Waals surface area contributed by atoms with Crippen molar-refractivity contribution < 1.29 is 9.53 Å². The molecule has 21 heavy (non-hydrogen) atoms. The first-order valence-electron chi connectivity index (χ1n) is 6.39. The highest BCUT2D eigenvalue weighted by atomic mass is 32.2. The van der Waals surface area contributed by atoms with E-state index in [2.05, 4.69) is 15.3 Å². The van der Waals surface area contributed by atoms with E-state index in [0.717, 1.165) is 4.90 Å². The Kier molecular flexibility index (Phi) is 4.80. The van der Waals surface area contributed by atoms with Gasteiger partial charge in [-0.25, -0.2) is 0 Å². The Labute approximate surface area is 128 Å². The number of rotatable bonds is 4. The molecular formula is C15H17N3O2S. The number of nitrogens with zero attached hydrogens (tertiary/aromatic N) is 2. The second-order valence-corrected chi connectivity index (χ2v) is 5.32. The maximum Gasteiger partial charge on any atom is 0.316 e. The molecule has 0 saturated carbocycles. The number of hydrogen-bond donors (Lipinski definition) is 1. The molecule has 0 bridgehead atoms. The van der Waals surface area contributed by atoms with E-state index in [9.17, 15) is 4.79 Å². The van der Waals surface area contributed by atoms with Crippen LogP contribution in [0.5, 0.6) is 6.01 Å². The van der Waals surface area contributed by atoms with E-state index < -0.39 is 0 Å². The second-order valence-electron chi connectivity index (χ2n) is 4.44. The van der Waals surface area contributed by atoms with Crippen LogP contribution in [0.15, 0.2) is 29.2 Å². The van der Waals surface area contributed by atoms with E-state index in [1.807, 2.05) is 32.2 Å². The molecule has 0 saturated heterocycles. The highest BCUT2D eigenvalue weighted by molar-refractivity contribution is 7.98. The lowest BCUT2D eigenvalue weighted by Gasteiger charge is -2.11. The predicted molar refractivity (Wildman–Crippen MR) is 84.2 cm³/mol. The molecule has 1 aromatic carbocycles. The number of ether oxygens (including phenoxy) is 1. The number of carbonyl (C=O) groups excluding carboxylic acids is 1. The van der Waals surface area contributed by atoms with Gasteiger partial charge in [-0.3, -0.25) is 4.79 Å². The summed E-state index contributed by atoms with van der Waals surface area (Å²) in [5.41, 5.74) is 2.57. The summed E-state index contributed by atoms with van der Waals surface area (Å²) >= 11 is 1.64. The molecule has 0 aliphatic rings. The van der Waals surface area contributed by atoms with Crippen molar-refractivity contribution in [3.8, 4) is 6.01 Å². The van der Waals surface area contributed by atoms with Crippen LogP contribution in [0.4, 0.5) is 5.69 Å². The number of carbonyl (C=O) groups is 1. The first-order valence-corrected chi connectivity index (χ1v) is 7.62. The number of hydrogen-bond acceptors (Lipinski definition) is 5. The quantitative estimate of drug-likeness (QED) is 0.879. The summed E-state index contributed by atoms with van der Waals surface area (Å²) in [6, 6.07) is 7.74. The molecule has 1 amide bonds. The Morgan fingerprint density at radius 3 is 2.19 bits per heavy atom. The Morgan fingerprint density at radius 1 is 1.14 bits per heavy atom. The number of aromatic nitrogens is 2. The van der Waals surface area contributed by atoms with Gasteiger partial charge in [0, 0.05) is 10.5 Å². The van der Waals surface area contributed by atoms with Crippen LogP contribution in [-0.4, -0.2) is 29.2 Å². The predicted octanol–water partition coefficient (Wildman–Crippen LogP) is 3.08. The summed E-state index contributed by atoms with van der Waals surface area (Å²) in [6.07, 6.45) is 2.00. The first kappa shape index (κ1) is 15.3. The minimum absolute atomic E-state index is 0.178. The minimum Gasteiger partial charge on any atom is -0.467 e. The van der Waals surface area contributed by atoms with Crippen LogP contribution in [0.1, 0.15) is 21.7 Å². The van der Waals surface area contributed by atoms with Gasteiger partial charge in [0.25, 0.3) is 5.91 Å². The zero-order valence-electron chi connectivity index (χ0n) is 12.4. The van der Waals surface area contributed by atoms with Gasteiger partial charge >= 0.3 is 6.01 Å². The zero-order valence-corrected chi connectivity index (χ0v) is 13.2. The average molecular weight is 303 g/mol. The van der Waals surface area contributed by atoms with Crippen molar-refractivity contribution in [1.82, 2.24) is 9.97 Å². The van der Waals surface area contributed by atoms with Gasteiger partial charge in [-0.1, -0.05) is 0 Å². The highest BCUT2D eigenvalue weighted by Crippen LogP contribution is 2.21. The van der Waals surface area contributed by atoms with Crippen LogP contribution in [-0.2, 0) is 0 Å². The SMILES string of the molecule is COc1nc(C)c(NC(=O)c2ccc(SC)cc2)c(C)n1. The van der Waals surface area contributed by atoms with Gasteiger partial charge in [-0.15, -0.1) is 11.8 Å². The summed E-state index contributed by atoms with van der Waals surface area (Å²) in [5, 5.41) is 2.86. The third-order valence-electron chi connectivity index (χ3n) is 3.02. The van der Waals surface area contributed by atoms with E-state index >= 15 is 0 Å². The van der Waals surface area contributed by atoms with Crippen LogP contribution < -0.4 is 10.1 Å². The van der Waals surface area contributed by atoms with Gasteiger partial charge in [-0.05, 0) is 44.4 Å². The normalized spacial score (nSPS) is 10.3. The molecule has 2 aromatic rings. The van der Waals surface area contributed by atoms with Gasteiger partial charge in [-0.2, -0.15) is 9.97 Å². The molecule has 0 atom stereocenters. The summed E-state index contributed by atoms with van der Waals surface area (Å²) in [6.45, 7) is 3.62. The van der Waals surface area contributed by atoms with E-state index in [-0.39, 0.29) is 5.91 Å². The number of amides is 1. The minimum atomic E-state index is -0.178. The average Bonchev–Trinajstić information content (AvgIpc) is 2.50. The van der Waals surface area contributed by atoms with Crippen LogP contribution in [0, 0.1) is 13.8 Å². The van der Waals surface area contributed by atoms with Crippen molar-refractivity contribution in [3.05, 3.63) is 41.2 Å².